The number of carbonyl (C=O) groups is 1. The molecule has 1 atom stereocenters. The standard InChI is InChI=1S/C14H13N3O6/c1-3-21-14(18)11-7(2)22-13(16)8(6-15)12(11)9-4-5-10(23-9)17(19)20/h4-5,12H,3,16H2,1-2H3/t12-/m1/s1. The van der Waals surface area contributed by atoms with Crippen LogP contribution in [0.1, 0.15) is 25.5 Å². The van der Waals surface area contributed by atoms with Crippen LogP contribution < -0.4 is 5.73 Å². The monoisotopic (exact) mass is 319 g/mol. The molecule has 0 unspecified atom stereocenters. The van der Waals surface area contributed by atoms with E-state index in [1.807, 2.05) is 6.07 Å². The van der Waals surface area contributed by atoms with Gasteiger partial charge >= 0.3 is 11.9 Å². The number of nitrogens with zero attached hydrogens (tertiary/aromatic N) is 2. The van der Waals surface area contributed by atoms with Crippen molar-refractivity contribution in [2.45, 2.75) is 19.8 Å². The van der Waals surface area contributed by atoms with Gasteiger partial charge in [0.1, 0.15) is 28.1 Å². The average molecular weight is 319 g/mol. The molecular formula is C14H13N3O6. The van der Waals surface area contributed by atoms with Crippen LogP contribution in [0, 0.1) is 21.4 Å². The Bertz CT molecular complexity index is 768. The summed E-state index contributed by atoms with van der Waals surface area (Å²) in [5.41, 5.74) is 5.62. The Morgan fingerprint density at radius 1 is 1.57 bits per heavy atom. The largest absolute Gasteiger partial charge is 0.463 e. The van der Waals surface area contributed by atoms with Crippen LogP contribution >= 0.6 is 0 Å². The first-order chi connectivity index (χ1) is 10.9. The molecule has 1 aliphatic rings. The SMILES string of the molecule is CCOC(=O)C1=C(C)OC(N)=C(C#N)[C@@H]1c1ccc([N+](=O)[O-])o1. The number of carbonyl (C=O) groups excluding carboxylic acids is 1. The first-order valence-corrected chi connectivity index (χ1v) is 6.60. The fraction of sp³-hybridized carbons (Fsp3) is 0.286. The minimum absolute atomic E-state index is 0.0156. The number of allylic oxidation sites excluding steroid dienone is 2. The van der Waals surface area contributed by atoms with E-state index in [2.05, 4.69) is 0 Å². The molecule has 120 valence electrons. The molecule has 0 saturated heterocycles. The van der Waals surface area contributed by atoms with Crippen molar-refractivity contribution in [3.63, 3.8) is 0 Å². The highest BCUT2D eigenvalue weighted by Gasteiger charge is 2.38. The van der Waals surface area contributed by atoms with Gasteiger partial charge in [0, 0.05) is 0 Å². The van der Waals surface area contributed by atoms with Gasteiger partial charge in [-0.3, -0.25) is 10.1 Å². The smallest absolute Gasteiger partial charge is 0.433 e. The summed E-state index contributed by atoms with van der Waals surface area (Å²) in [6.07, 6.45) is 0. The van der Waals surface area contributed by atoms with Gasteiger partial charge in [0.05, 0.1) is 24.2 Å². The molecule has 0 fully saturated rings. The lowest BCUT2D eigenvalue weighted by atomic mass is 9.87. The minimum atomic E-state index is -1.03. The van der Waals surface area contributed by atoms with Crippen LogP contribution in [-0.2, 0) is 14.3 Å². The van der Waals surface area contributed by atoms with Crippen molar-refractivity contribution in [3.8, 4) is 6.07 Å². The van der Waals surface area contributed by atoms with Crippen molar-refractivity contribution >= 4 is 11.9 Å². The molecule has 1 aromatic rings. The minimum Gasteiger partial charge on any atom is -0.463 e. The number of hydrogen-bond acceptors (Lipinski definition) is 8. The maximum absolute atomic E-state index is 12.2. The van der Waals surface area contributed by atoms with Crippen LogP contribution in [0.3, 0.4) is 0 Å². The Morgan fingerprint density at radius 2 is 2.26 bits per heavy atom. The molecule has 0 aliphatic carbocycles. The van der Waals surface area contributed by atoms with E-state index in [0.29, 0.717) is 0 Å². The van der Waals surface area contributed by atoms with Crippen LogP contribution in [0.15, 0.2) is 39.3 Å². The Hall–Kier alpha value is -3.28. The van der Waals surface area contributed by atoms with Crippen molar-refractivity contribution in [2.75, 3.05) is 6.61 Å². The number of furan rings is 1. The zero-order valence-electron chi connectivity index (χ0n) is 12.4. The highest BCUT2D eigenvalue weighted by molar-refractivity contribution is 5.92. The van der Waals surface area contributed by atoms with Gasteiger partial charge in [-0.05, 0) is 19.9 Å². The normalized spacial score (nSPS) is 17.5. The van der Waals surface area contributed by atoms with E-state index < -0.39 is 22.7 Å². The third-order valence-electron chi connectivity index (χ3n) is 3.18. The molecule has 0 radical (unpaired) electrons. The van der Waals surface area contributed by atoms with E-state index in [1.54, 1.807) is 6.92 Å². The van der Waals surface area contributed by atoms with Crippen molar-refractivity contribution in [3.05, 3.63) is 50.8 Å². The Labute approximate surface area is 130 Å². The zero-order chi connectivity index (χ0) is 17.1. The third kappa shape index (κ3) is 2.87. The number of nitriles is 1. The molecule has 2 heterocycles. The highest BCUT2D eigenvalue weighted by atomic mass is 16.6. The highest BCUT2D eigenvalue weighted by Crippen LogP contribution is 2.40. The summed E-state index contributed by atoms with van der Waals surface area (Å²) in [6.45, 7) is 3.22. The predicted molar refractivity (Wildman–Crippen MR) is 75.3 cm³/mol. The fourth-order valence-corrected chi connectivity index (χ4v) is 2.23. The number of nitrogens with two attached hydrogens (primary N) is 1. The van der Waals surface area contributed by atoms with Gasteiger partial charge in [-0.25, -0.2) is 4.79 Å². The van der Waals surface area contributed by atoms with E-state index in [1.165, 1.54) is 13.0 Å². The van der Waals surface area contributed by atoms with Gasteiger partial charge in [-0.15, -0.1) is 0 Å². The van der Waals surface area contributed by atoms with Crippen LogP contribution in [0.4, 0.5) is 5.88 Å². The summed E-state index contributed by atoms with van der Waals surface area (Å²) in [6, 6.07) is 4.29. The summed E-state index contributed by atoms with van der Waals surface area (Å²) in [7, 11) is 0. The second kappa shape index (κ2) is 6.23. The molecule has 2 N–H and O–H groups in total. The van der Waals surface area contributed by atoms with E-state index >= 15 is 0 Å². The molecule has 0 amide bonds. The Balaban J connectivity index is 2.59. The first kappa shape index (κ1) is 16.1. The van der Waals surface area contributed by atoms with Gasteiger partial charge < -0.3 is 19.6 Å². The van der Waals surface area contributed by atoms with Crippen molar-refractivity contribution in [1.82, 2.24) is 0 Å². The topological polar surface area (TPSA) is 142 Å². The van der Waals surface area contributed by atoms with Gasteiger partial charge in [0.15, 0.2) is 0 Å². The molecular weight excluding hydrogens is 306 g/mol. The van der Waals surface area contributed by atoms with Crippen molar-refractivity contribution in [1.29, 1.82) is 5.26 Å². The number of hydrogen-bond donors (Lipinski definition) is 1. The molecule has 9 heteroatoms. The lowest BCUT2D eigenvalue weighted by Crippen LogP contribution is -2.25. The van der Waals surface area contributed by atoms with E-state index in [0.717, 1.165) is 6.07 Å². The second-order valence-corrected chi connectivity index (χ2v) is 4.55. The molecule has 23 heavy (non-hydrogen) atoms. The first-order valence-electron chi connectivity index (χ1n) is 6.60. The molecule has 2 rings (SSSR count). The van der Waals surface area contributed by atoms with E-state index in [-0.39, 0.29) is 35.2 Å². The van der Waals surface area contributed by atoms with Gasteiger partial charge in [-0.1, -0.05) is 0 Å². The number of nitro groups is 1. The molecule has 0 bridgehead atoms. The van der Waals surface area contributed by atoms with E-state index in [4.69, 9.17) is 19.6 Å². The second-order valence-electron chi connectivity index (χ2n) is 4.55. The lowest BCUT2D eigenvalue weighted by Gasteiger charge is -2.24. The fourth-order valence-electron chi connectivity index (χ4n) is 2.23. The zero-order valence-corrected chi connectivity index (χ0v) is 12.4. The summed E-state index contributed by atoms with van der Waals surface area (Å²) in [5, 5.41) is 20.1. The Kier molecular flexibility index (Phi) is 4.36. The predicted octanol–water partition coefficient (Wildman–Crippen LogP) is 1.83. The summed E-state index contributed by atoms with van der Waals surface area (Å²) in [5.74, 6) is -2.27. The number of rotatable bonds is 4. The molecule has 0 aromatic carbocycles. The summed E-state index contributed by atoms with van der Waals surface area (Å²) in [4.78, 5) is 22.2. The van der Waals surface area contributed by atoms with Gasteiger partial charge in [0.25, 0.3) is 0 Å². The number of esters is 1. The molecule has 1 aromatic heterocycles. The van der Waals surface area contributed by atoms with E-state index in [9.17, 15) is 20.2 Å². The van der Waals surface area contributed by atoms with Gasteiger partial charge in [0.2, 0.25) is 5.88 Å². The number of ether oxygens (including phenoxy) is 2. The third-order valence-corrected chi connectivity index (χ3v) is 3.18. The van der Waals surface area contributed by atoms with Crippen LogP contribution in [0.5, 0.6) is 0 Å². The lowest BCUT2D eigenvalue weighted by molar-refractivity contribution is -0.402. The molecule has 1 aliphatic heterocycles. The van der Waals surface area contributed by atoms with Crippen LogP contribution in [0.25, 0.3) is 0 Å². The van der Waals surface area contributed by atoms with Crippen LogP contribution in [0.2, 0.25) is 0 Å². The molecule has 9 nitrogen and oxygen atoms in total. The van der Waals surface area contributed by atoms with Gasteiger partial charge in [-0.2, -0.15) is 5.26 Å². The van der Waals surface area contributed by atoms with Crippen molar-refractivity contribution in [2.24, 2.45) is 5.73 Å². The molecule has 0 saturated carbocycles. The molecule has 0 spiro atoms. The summed E-state index contributed by atoms with van der Waals surface area (Å²) >= 11 is 0. The maximum atomic E-state index is 12.2. The summed E-state index contributed by atoms with van der Waals surface area (Å²) < 4.78 is 15.3. The average Bonchev–Trinajstić information content (AvgIpc) is 2.96. The van der Waals surface area contributed by atoms with Crippen LogP contribution in [-0.4, -0.2) is 17.5 Å². The quantitative estimate of drug-likeness (QED) is 0.503. The Morgan fingerprint density at radius 3 is 2.78 bits per heavy atom. The maximum Gasteiger partial charge on any atom is 0.433 e. The van der Waals surface area contributed by atoms with Crippen molar-refractivity contribution < 1.29 is 23.6 Å².